The summed E-state index contributed by atoms with van der Waals surface area (Å²) in [6.45, 7) is 6.44. The number of aromatic nitrogens is 1. The van der Waals surface area contributed by atoms with Crippen LogP contribution in [0.4, 0.5) is 0 Å². The molecule has 1 atom stereocenters. The van der Waals surface area contributed by atoms with E-state index in [4.69, 9.17) is 5.73 Å². The molecule has 2 nitrogen and oxygen atoms in total. The van der Waals surface area contributed by atoms with Crippen molar-refractivity contribution in [2.24, 2.45) is 11.1 Å². The number of rotatable bonds is 1. The lowest BCUT2D eigenvalue weighted by molar-refractivity contribution is 0.326. The molecule has 1 unspecified atom stereocenters. The summed E-state index contributed by atoms with van der Waals surface area (Å²) in [5.41, 5.74) is 8.41. The molecule has 0 amide bonds. The van der Waals surface area contributed by atoms with Crippen molar-refractivity contribution in [2.75, 3.05) is 0 Å². The van der Waals surface area contributed by atoms with Gasteiger partial charge in [-0.05, 0) is 23.1 Å². The third kappa shape index (κ3) is 2.07. The monoisotopic (exact) mass is 214 g/mol. The Hall–Kier alpha value is -1.41. The number of para-hydroxylation sites is 1. The first-order chi connectivity index (χ1) is 7.48. The lowest BCUT2D eigenvalue weighted by Crippen LogP contribution is -2.26. The van der Waals surface area contributed by atoms with Crippen molar-refractivity contribution in [3.8, 4) is 0 Å². The molecule has 0 saturated carbocycles. The minimum Gasteiger partial charge on any atom is -0.323 e. The fraction of sp³-hybridized carbons (Fsp3) is 0.357. The zero-order valence-electron chi connectivity index (χ0n) is 10.1. The van der Waals surface area contributed by atoms with E-state index in [0.717, 1.165) is 16.5 Å². The predicted octanol–water partition coefficient (Wildman–Crippen LogP) is 3.28. The van der Waals surface area contributed by atoms with E-state index in [0.29, 0.717) is 0 Å². The number of pyridine rings is 1. The quantitative estimate of drug-likeness (QED) is 0.791. The van der Waals surface area contributed by atoms with Crippen LogP contribution < -0.4 is 5.73 Å². The molecule has 84 valence electrons. The Morgan fingerprint density at radius 2 is 1.88 bits per heavy atom. The summed E-state index contributed by atoms with van der Waals surface area (Å²) in [5, 5.41) is 1.15. The van der Waals surface area contributed by atoms with Gasteiger partial charge in [0, 0.05) is 17.6 Å². The van der Waals surface area contributed by atoms with Crippen LogP contribution in [-0.2, 0) is 0 Å². The summed E-state index contributed by atoms with van der Waals surface area (Å²) in [5.74, 6) is 0. The molecule has 0 aliphatic rings. The topological polar surface area (TPSA) is 38.9 Å². The second-order valence-corrected chi connectivity index (χ2v) is 5.31. The van der Waals surface area contributed by atoms with Gasteiger partial charge in [0.2, 0.25) is 0 Å². The number of benzene rings is 1. The molecule has 0 fully saturated rings. The molecule has 1 aromatic carbocycles. The minimum atomic E-state index is 0.0182. The third-order valence-electron chi connectivity index (χ3n) is 2.90. The third-order valence-corrected chi connectivity index (χ3v) is 2.90. The number of nitrogens with zero attached hydrogens (tertiary/aromatic N) is 1. The molecule has 0 aliphatic carbocycles. The Balaban J connectivity index is 2.47. The van der Waals surface area contributed by atoms with Gasteiger partial charge in [-0.25, -0.2) is 0 Å². The van der Waals surface area contributed by atoms with Crippen LogP contribution in [0.5, 0.6) is 0 Å². The maximum atomic E-state index is 6.22. The molecule has 2 rings (SSSR count). The Bertz CT molecular complexity index is 497. The van der Waals surface area contributed by atoms with E-state index in [1.54, 1.807) is 0 Å². The van der Waals surface area contributed by atoms with Crippen LogP contribution in [0.25, 0.3) is 10.9 Å². The molecule has 2 N–H and O–H groups in total. The average Bonchev–Trinajstić information content (AvgIpc) is 2.26. The summed E-state index contributed by atoms with van der Waals surface area (Å²) in [7, 11) is 0. The number of hydrogen-bond acceptors (Lipinski definition) is 2. The van der Waals surface area contributed by atoms with E-state index in [-0.39, 0.29) is 11.5 Å². The minimum absolute atomic E-state index is 0.0182. The molecule has 1 aromatic heterocycles. The van der Waals surface area contributed by atoms with Gasteiger partial charge in [0.05, 0.1) is 5.52 Å². The van der Waals surface area contributed by atoms with Gasteiger partial charge < -0.3 is 5.73 Å². The van der Waals surface area contributed by atoms with Gasteiger partial charge in [0.15, 0.2) is 0 Å². The summed E-state index contributed by atoms with van der Waals surface area (Å²) >= 11 is 0. The maximum absolute atomic E-state index is 6.22. The van der Waals surface area contributed by atoms with Crippen LogP contribution in [0.2, 0.25) is 0 Å². The van der Waals surface area contributed by atoms with Crippen LogP contribution in [0.3, 0.4) is 0 Å². The molecule has 0 spiro atoms. The average molecular weight is 214 g/mol. The first-order valence-electron chi connectivity index (χ1n) is 5.59. The normalized spacial score (nSPS) is 14.0. The van der Waals surface area contributed by atoms with Gasteiger partial charge in [0.1, 0.15) is 0 Å². The van der Waals surface area contributed by atoms with Gasteiger partial charge in [-0.3, -0.25) is 4.98 Å². The van der Waals surface area contributed by atoms with Crippen molar-refractivity contribution >= 4 is 10.9 Å². The largest absolute Gasteiger partial charge is 0.323 e. The highest BCUT2D eigenvalue weighted by Crippen LogP contribution is 2.31. The summed E-state index contributed by atoms with van der Waals surface area (Å²) in [6.07, 6.45) is 1.89. The standard InChI is InChI=1S/C14H18N2/c1-14(2,3)13(15)11-8-10-6-4-5-7-12(10)16-9-11/h4-9,13H,15H2,1-3H3. The summed E-state index contributed by atoms with van der Waals surface area (Å²) in [4.78, 5) is 4.44. The van der Waals surface area contributed by atoms with Gasteiger partial charge in [-0.15, -0.1) is 0 Å². The summed E-state index contributed by atoms with van der Waals surface area (Å²) < 4.78 is 0. The van der Waals surface area contributed by atoms with Crippen LogP contribution >= 0.6 is 0 Å². The lowest BCUT2D eigenvalue weighted by atomic mass is 9.83. The highest BCUT2D eigenvalue weighted by molar-refractivity contribution is 5.78. The van der Waals surface area contributed by atoms with Crippen molar-refractivity contribution < 1.29 is 0 Å². The fourth-order valence-electron chi connectivity index (χ4n) is 1.76. The second kappa shape index (κ2) is 3.87. The van der Waals surface area contributed by atoms with E-state index in [1.165, 1.54) is 0 Å². The fourth-order valence-corrected chi connectivity index (χ4v) is 1.76. The first kappa shape index (κ1) is 11.1. The molecule has 0 saturated heterocycles. The summed E-state index contributed by atoms with van der Waals surface area (Å²) in [6, 6.07) is 10.3. The lowest BCUT2D eigenvalue weighted by Gasteiger charge is -2.27. The van der Waals surface area contributed by atoms with E-state index in [1.807, 2.05) is 24.4 Å². The molecular weight excluding hydrogens is 196 g/mol. The molecule has 16 heavy (non-hydrogen) atoms. The second-order valence-electron chi connectivity index (χ2n) is 5.31. The SMILES string of the molecule is CC(C)(C)C(N)c1cnc2ccccc2c1. The highest BCUT2D eigenvalue weighted by Gasteiger charge is 2.22. The van der Waals surface area contributed by atoms with Gasteiger partial charge >= 0.3 is 0 Å². The van der Waals surface area contributed by atoms with E-state index in [9.17, 15) is 0 Å². The van der Waals surface area contributed by atoms with Gasteiger partial charge in [-0.1, -0.05) is 39.0 Å². The van der Waals surface area contributed by atoms with Crippen LogP contribution in [0.1, 0.15) is 32.4 Å². The number of fused-ring (bicyclic) bond motifs is 1. The first-order valence-corrected chi connectivity index (χ1v) is 5.59. The van der Waals surface area contributed by atoms with E-state index >= 15 is 0 Å². The molecule has 0 bridgehead atoms. The predicted molar refractivity (Wildman–Crippen MR) is 68.1 cm³/mol. The Labute approximate surface area is 96.5 Å². The Morgan fingerprint density at radius 3 is 2.56 bits per heavy atom. The zero-order valence-corrected chi connectivity index (χ0v) is 10.1. The van der Waals surface area contributed by atoms with Crippen molar-refractivity contribution in [1.29, 1.82) is 0 Å². The van der Waals surface area contributed by atoms with Crippen LogP contribution in [-0.4, -0.2) is 4.98 Å². The smallest absolute Gasteiger partial charge is 0.0702 e. The van der Waals surface area contributed by atoms with E-state index in [2.05, 4.69) is 37.9 Å². The van der Waals surface area contributed by atoms with Crippen molar-refractivity contribution in [1.82, 2.24) is 4.98 Å². The molecule has 0 radical (unpaired) electrons. The molecule has 0 aliphatic heterocycles. The molecule has 2 heteroatoms. The number of nitrogens with two attached hydrogens (primary N) is 1. The number of hydrogen-bond donors (Lipinski definition) is 1. The molecular formula is C14H18N2. The molecule has 2 aromatic rings. The Morgan fingerprint density at radius 1 is 1.19 bits per heavy atom. The molecule has 1 heterocycles. The zero-order chi connectivity index (χ0) is 11.8. The highest BCUT2D eigenvalue weighted by atomic mass is 14.7. The van der Waals surface area contributed by atoms with E-state index < -0.39 is 0 Å². The van der Waals surface area contributed by atoms with Gasteiger partial charge in [-0.2, -0.15) is 0 Å². The van der Waals surface area contributed by atoms with Crippen molar-refractivity contribution in [2.45, 2.75) is 26.8 Å². The van der Waals surface area contributed by atoms with Crippen LogP contribution in [0, 0.1) is 5.41 Å². The van der Waals surface area contributed by atoms with Crippen LogP contribution in [0.15, 0.2) is 36.5 Å². The van der Waals surface area contributed by atoms with Crippen molar-refractivity contribution in [3.05, 3.63) is 42.1 Å². The van der Waals surface area contributed by atoms with Gasteiger partial charge in [0.25, 0.3) is 0 Å². The van der Waals surface area contributed by atoms with Crippen molar-refractivity contribution in [3.63, 3.8) is 0 Å². The Kier molecular flexibility index (Phi) is 2.68. The maximum Gasteiger partial charge on any atom is 0.0702 e.